The smallest absolute Gasteiger partial charge is 0.388 e. The van der Waals surface area contributed by atoms with Gasteiger partial charge in [-0.05, 0) is 12.1 Å². The molecule has 0 aliphatic carbocycles. The number of hydrogen-bond donors (Lipinski definition) is 0. The van der Waals surface area contributed by atoms with Crippen LogP contribution >= 0.6 is 23.2 Å². The molecule has 0 fully saturated rings. The van der Waals surface area contributed by atoms with Gasteiger partial charge in [-0.2, -0.15) is 13.9 Å². The van der Waals surface area contributed by atoms with E-state index in [4.69, 9.17) is 27.9 Å². The molecular weight excluding hydrogens is 372 g/mol. The number of nitrogens with zero attached hydrogens (tertiary/aromatic N) is 2. The molecule has 130 valence electrons. The predicted octanol–water partition coefficient (Wildman–Crippen LogP) is 4.45. The minimum Gasteiger partial charge on any atom is -0.425 e. The van der Waals surface area contributed by atoms with E-state index in [2.05, 4.69) is 9.84 Å². The molecule has 1 heterocycles. The quantitative estimate of drug-likeness (QED) is 0.566. The third kappa shape index (κ3) is 3.76. The number of carbonyl (C=O) groups is 1. The van der Waals surface area contributed by atoms with Gasteiger partial charge in [-0.25, -0.2) is 9.07 Å². The Kier molecular flexibility index (Phi) is 5.61. The van der Waals surface area contributed by atoms with Crippen molar-refractivity contribution in [2.45, 2.75) is 20.0 Å². The lowest BCUT2D eigenvalue weighted by molar-refractivity contribution is -0.134. The van der Waals surface area contributed by atoms with Gasteiger partial charge in [0.05, 0.1) is 5.02 Å². The number of halogens is 5. The maximum atomic E-state index is 14.2. The molecule has 5 nitrogen and oxygen atoms in total. The van der Waals surface area contributed by atoms with Crippen LogP contribution in [0.25, 0.3) is 11.3 Å². The van der Waals surface area contributed by atoms with Crippen molar-refractivity contribution in [2.24, 2.45) is 7.05 Å². The Bertz CT molecular complexity index is 781. The van der Waals surface area contributed by atoms with Gasteiger partial charge in [-0.15, -0.1) is 0 Å². The summed E-state index contributed by atoms with van der Waals surface area (Å²) in [6.07, 6.45) is 0.0831. The maximum Gasteiger partial charge on any atom is 0.388 e. The van der Waals surface area contributed by atoms with Crippen LogP contribution < -0.4 is 9.47 Å². The van der Waals surface area contributed by atoms with E-state index in [0.29, 0.717) is 0 Å². The van der Waals surface area contributed by atoms with Crippen LogP contribution in [-0.4, -0.2) is 22.4 Å². The van der Waals surface area contributed by atoms with Crippen LogP contribution in [0.1, 0.15) is 13.3 Å². The molecule has 24 heavy (non-hydrogen) atoms. The Hall–Kier alpha value is -1.93. The number of rotatable bonds is 5. The van der Waals surface area contributed by atoms with Gasteiger partial charge in [0.2, 0.25) is 5.88 Å². The van der Waals surface area contributed by atoms with E-state index in [9.17, 15) is 18.0 Å². The highest BCUT2D eigenvalue weighted by Gasteiger charge is 2.24. The SMILES string of the molecule is CCC(=O)Oc1cc(-c2nn(C)c(OC(F)F)c2Cl)c(F)cc1Cl. The molecule has 0 saturated carbocycles. The largest absolute Gasteiger partial charge is 0.425 e. The zero-order valence-corrected chi connectivity index (χ0v) is 14.0. The average molecular weight is 383 g/mol. The predicted molar refractivity (Wildman–Crippen MR) is 81.2 cm³/mol. The standard InChI is InChI=1S/C14H11Cl2F3N2O3/c1-3-10(22)23-9-4-6(8(17)5-7(9)15)12-11(16)13(21(2)20-12)24-14(18)19/h4-5,14H,3H2,1-2H3. The Balaban J connectivity index is 2.52. The topological polar surface area (TPSA) is 53.3 Å². The highest BCUT2D eigenvalue weighted by Crippen LogP contribution is 2.39. The number of ether oxygens (including phenoxy) is 2. The molecule has 0 amide bonds. The van der Waals surface area contributed by atoms with Gasteiger partial charge in [-0.1, -0.05) is 30.1 Å². The van der Waals surface area contributed by atoms with Crippen LogP contribution in [0.3, 0.4) is 0 Å². The van der Waals surface area contributed by atoms with Crippen LogP contribution in [0.5, 0.6) is 11.6 Å². The van der Waals surface area contributed by atoms with Crippen molar-refractivity contribution in [2.75, 3.05) is 0 Å². The van der Waals surface area contributed by atoms with Crippen molar-refractivity contribution in [3.63, 3.8) is 0 Å². The Labute approximate surface area is 144 Å². The minimum atomic E-state index is -3.12. The summed E-state index contributed by atoms with van der Waals surface area (Å²) in [5.74, 6) is -1.93. The van der Waals surface area contributed by atoms with E-state index in [1.165, 1.54) is 7.05 Å². The third-order valence-electron chi connectivity index (χ3n) is 2.93. The second kappa shape index (κ2) is 7.31. The molecule has 10 heteroatoms. The van der Waals surface area contributed by atoms with Crippen molar-refractivity contribution >= 4 is 29.2 Å². The fraction of sp³-hybridized carbons (Fsp3) is 0.286. The first-order valence-electron chi connectivity index (χ1n) is 6.62. The molecule has 0 spiro atoms. The van der Waals surface area contributed by atoms with Crippen molar-refractivity contribution in [3.8, 4) is 22.9 Å². The Morgan fingerprint density at radius 3 is 2.62 bits per heavy atom. The Morgan fingerprint density at radius 2 is 2.04 bits per heavy atom. The summed E-state index contributed by atoms with van der Waals surface area (Å²) >= 11 is 11.8. The van der Waals surface area contributed by atoms with E-state index in [0.717, 1.165) is 16.8 Å². The fourth-order valence-corrected chi connectivity index (χ4v) is 2.35. The highest BCUT2D eigenvalue weighted by molar-refractivity contribution is 6.34. The molecule has 1 aromatic carbocycles. The average Bonchev–Trinajstić information content (AvgIpc) is 2.77. The molecule has 0 unspecified atom stereocenters. The summed E-state index contributed by atoms with van der Waals surface area (Å²) < 4.78 is 49.2. The summed E-state index contributed by atoms with van der Waals surface area (Å²) in [4.78, 5) is 11.4. The van der Waals surface area contributed by atoms with Gasteiger partial charge < -0.3 is 9.47 Å². The molecule has 0 saturated heterocycles. The van der Waals surface area contributed by atoms with Crippen LogP contribution in [0.2, 0.25) is 10.0 Å². The first-order valence-corrected chi connectivity index (χ1v) is 7.37. The van der Waals surface area contributed by atoms with E-state index in [-0.39, 0.29) is 33.5 Å². The van der Waals surface area contributed by atoms with Crippen LogP contribution in [0, 0.1) is 5.82 Å². The number of aromatic nitrogens is 2. The van der Waals surface area contributed by atoms with Crippen molar-refractivity contribution < 1.29 is 27.4 Å². The van der Waals surface area contributed by atoms with E-state index in [1.807, 2.05) is 0 Å². The number of hydrogen-bond acceptors (Lipinski definition) is 4. The second-order valence-corrected chi connectivity index (χ2v) is 5.35. The van der Waals surface area contributed by atoms with Gasteiger partial charge in [-0.3, -0.25) is 4.79 Å². The van der Waals surface area contributed by atoms with Crippen LogP contribution in [-0.2, 0) is 11.8 Å². The molecule has 0 radical (unpaired) electrons. The Morgan fingerprint density at radius 1 is 1.38 bits per heavy atom. The minimum absolute atomic E-state index is 0.0831. The summed E-state index contributed by atoms with van der Waals surface area (Å²) in [6, 6.07) is 2.03. The van der Waals surface area contributed by atoms with E-state index >= 15 is 0 Å². The number of esters is 1. The zero-order valence-electron chi connectivity index (χ0n) is 12.4. The molecule has 0 bridgehead atoms. The fourth-order valence-electron chi connectivity index (χ4n) is 1.85. The van der Waals surface area contributed by atoms with E-state index < -0.39 is 24.3 Å². The van der Waals surface area contributed by atoms with E-state index in [1.54, 1.807) is 6.92 Å². The molecule has 0 aliphatic heterocycles. The summed E-state index contributed by atoms with van der Waals surface area (Å²) in [5.41, 5.74) is -0.333. The van der Waals surface area contributed by atoms with Crippen molar-refractivity contribution in [1.82, 2.24) is 9.78 Å². The van der Waals surface area contributed by atoms with Gasteiger partial charge in [0, 0.05) is 19.0 Å². The lowest BCUT2D eigenvalue weighted by Gasteiger charge is -2.08. The highest BCUT2D eigenvalue weighted by atomic mass is 35.5. The normalized spacial score (nSPS) is 11.0. The molecule has 0 atom stereocenters. The van der Waals surface area contributed by atoms with Gasteiger partial charge in [0.15, 0.2) is 0 Å². The molecule has 2 rings (SSSR count). The molecule has 1 aromatic heterocycles. The van der Waals surface area contributed by atoms with Crippen molar-refractivity contribution in [1.29, 1.82) is 0 Å². The number of benzene rings is 1. The van der Waals surface area contributed by atoms with Gasteiger partial charge in [0.1, 0.15) is 22.3 Å². The zero-order chi connectivity index (χ0) is 18.0. The first kappa shape index (κ1) is 18.4. The second-order valence-electron chi connectivity index (χ2n) is 4.56. The summed E-state index contributed by atoms with van der Waals surface area (Å²) in [6.45, 7) is -1.55. The van der Waals surface area contributed by atoms with Crippen LogP contribution in [0.4, 0.5) is 13.2 Å². The molecule has 2 aromatic rings. The summed E-state index contributed by atoms with van der Waals surface area (Å²) in [5, 5.41) is 3.42. The number of alkyl halides is 2. The van der Waals surface area contributed by atoms with Crippen LogP contribution in [0.15, 0.2) is 12.1 Å². The van der Waals surface area contributed by atoms with Gasteiger partial charge in [0.25, 0.3) is 0 Å². The number of carbonyl (C=O) groups excluding carboxylic acids is 1. The summed E-state index contributed by atoms with van der Waals surface area (Å²) in [7, 11) is 1.30. The third-order valence-corrected chi connectivity index (χ3v) is 3.57. The molecular formula is C14H11Cl2F3N2O3. The van der Waals surface area contributed by atoms with Gasteiger partial charge >= 0.3 is 12.6 Å². The molecule has 0 aliphatic rings. The number of aryl methyl sites for hydroxylation is 1. The van der Waals surface area contributed by atoms with Crippen molar-refractivity contribution in [3.05, 3.63) is 28.0 Å². The maximum absolute atomic E-state index is 14.2. The lowest BCUT2D eigenvalue weighted by atomic mass is 10.1. The first-order chi connectivity index (χ1) is 11.2. The molecule has 0 N–H and O–H groups in total. The monoisotopic (exact) mass is 382 g/mol. The lowest BCUT2D eigenvalue weighted by Crippen LogP contribution is -2.06.